The summed E-state index contributed by atoms with van der Waals surface area (Å²) in [6.07, 6.45) is 2.91. The van der Waals surface area contributed by atoms with E-state index < -0.39 is 22.3 Å². The van der Waals surface area contributed by atoms with Gasteiger partial charge < -0.3 is 5.73 Å². The van der Waals surface area contributed by atoms with Crippen LogP contribution in [0.3, 0.4) is 0 Å². The van der Waals surface area contributed by atoms with Crippen LogP contribution in [0, 0.1) is 0 Å². The second-order valence-electron chi connectivity index (χ2n) is 7.39. The first-order valence-electron chi connectivity index (χ1n) is 9.41. The van der Waals surface area contributed by atoms with Crippen molar-refractivity contribution in [1.29, 1.82) is 0 Å². The van der Waals surface area contributed by atoms with E-state index >= 15 is 0 Å². The highest BCUT2D eigenvalue weighted by molar-refractivity contribution is 8.00. The smallest absolute Gasteiger partial charge is 0.332 e. The Hall–Kier alpha value is -2.66. The fraction of sp³-hybridized carbons (Fsp3) is 0.421. The number of fused-ring (bicyclic) bond motifs is 3. The van der Waals surface area contributed by atoms with E-state index in [1.165, 1.54) is 34.9 Å². The number of ketones is 1. The number of thioether (sulfide) groups is 1. The SMILES string of the molecule is CC(Sc1nc2sc3c(c2c(=O)n1C)CCC3)C(=O)c1c(N)n(C)c(=O)n(C)c1=O. The molecule has 1 unspecified atom stereocenters. The number of Topliss-reactive ketones (excluding diaryl/α,β-unsaturated/α-hetero) is 1. The van der Waals surface area contributed by atoms with Gasteiger partial charge in [-0.1, -0.05) is 11.8 Å². The normalized spacial score (nSPS) is 14.3. The zero-order valence-electron chi connectivity index (χ0n) is 17.0. The molecule has 3 heterocycles. The molecule has 9 nitrogen and oxygen atoms in total. The van der Waals surface area contributed by atoms with Gasteiger partial charge in [0.05, 0.1) is 10.6 Å². The summed E-state index contributed by atoms with van der Waals surface area (Å²) in [7, 11) is 4.34. The van der Waals surface area contributed by atoms with Gasteiger partial charge >= 0.3 is 5.69 Å². The van der Waals surface area contributed by atoms with Crippen LogP contribution >= 0.6 is 23.1 Å². The van der Waals surface area contributed by atoms with E-state index in [2.05, 4.69) is 4.98 Å². The van der Waals surface area contributed by atoms with Crippen LogP contribution in [0.15, 0.2) is 19.5 Å². The quantitative estimate of drug-likeness (QED) is 0.357. The van der Waals surface area contributed by atoms with Gasteiger partial charge in [-0.25, -0.2) is 9.78 Å². The Balaban J connectivity index is 1.74. The summed E-state index contributed by atoms with van der Waals surface area (Å²) in [6, 6.07) is 0. The second-order valence-corrected chi connectivity index (χ2v) is 9.78. The lowest BCUT2D eigenvalue weighted by Gasteiger charge is -2.15. The van der Waals surface area contributed by atoms with E-state index in [0.717, 1.165) is 45.7 Å². The maximum absolute atomic E-state index is 13.0. The Morgan fingerprint density at radius 3 is 2.50 bits per heavy atom. The lowest BCUT2D eigenvalue weighted by Crippen LogP contribution is -2.42. The maximum atomic E-state index is 13.0. The Kier molecular flexibility index (Phi) is 4.97. The van der Waals surface area contributed by atoms with Crippen molar-refractivity contribution in [2.45, 2.75) is 36.6 Å². The highest BCUT2D eigenvalue weighted by Gasteiger charge is 2.28. The molecule has 158 valence electrons. The van der Waals surface area contributed by atoms with Gasteiger partial charge in [-0.3, -0.25) is 28.1 Å². The average molecular weight is 448 g/mol. The third-order valence-corrected chi connectivity index (χ3v) is 7.84. The molecule has 0 amide bonds. The average Bonchev–Trinajstić information content (AvgIpc) is 3.29. The van der Waals surface area contributed by atoms with E-state index in [9.17, 15) is 19.2 Å². The number of hydrogen-bond donors (Lipinski definition) is 1. The summed E-state index contributed by atoms with van der Waals surface area (Å²) in [6.45, 7) is 1.63. The highest BCUT2D eigenvalue weighted by Crippen LogP contribution is 2.36. The molecule has 0 aromatic carbocycles. The summed E-state index contributed by atoms with van der Waals surface area (Å²) >= 11 is 2.63. The van der Waals surface area contributed by atoms with Crippen molar-refractivity contribution in [3.8, 4) is 0 Å². The van der Waals surface area contributed by atoms with Crippen LogP contribution in [-0.4, -0.2) is 29.7 Å². The van der Waals surface area contributed by atoms with Crippen LogP contribution in [0.4, 0.5) is 5.82 Å². The first-order valence-corrected chi connectivity index (χ1v) is 11.1. The summed E-state index contributed by atoms with van der Waals surface area (Å²) in [4.78, 5) is 57.0. The largest absolute Gasteiger partial charge is 0.384 e. The summed E-state index contributed by atoms with van der Waals surface area (Å²) < 4.78 is 3.37. The van der Waals surface area contributed by atoms with Crippen LogP contribution in [0.2, 0.25) is 0 Å². The van der Waals surface area contributed by atoms with E-state index in [0.29, 0.717) is 15.4 Å². The molecule has 2 N–H and O–H groups in total. The maximum Gasteiger partial charge on any atom is 0.332 e. The monoisotopic (exact) mass is 447 g/mol. The molecule has 0 bridgehead atoms. The number of nitrogens with zero attached hydrogens (tertiary/aromatic N) is 4. The molecule has 0 saturated carbocycles. The Bertz CT molecular complexity index is 1400. The van der Waals surface area contributed by atoms with Crippen molar-refractivity contribution in [2.24, 2.45) is 21.1 Å². The number of thiophene rings is 1. The minimum atomic E-state index is -0.736. The van der Waals surface area contributed by atoms with Gasteiger partial charge in [0, 0.05) is 26.0 Å². The first kappa shape index (κ1) is 20.6. The van der Waals surface area contributed by atoms with Crippen molar-refractivity contribution >= 4 is 44.9 Å². The number of hydrogen-bond acceptors (Lipinski definition) is 8. The van der Waals surface area contributed by atoms with Crippen molar-refractivity contribution < 1.29 is 4.79 Å². The van der Waals surface area contributed by atoms with Gasteiger partial charge in [-0.05, 0) is 31.7 Å². The van der Waals surface area contributed by atoms with E-state index in [1.54, 1.807) is 14.0 Å². The van der Waals surface area contributed by atoms with Crippen molar-refractivity contribution in [3.05, 3.63) is 47.2 Å². The molecule has 1 atom stereocenters. The molecular weight excluding hydrogens is 426 g/mol. The lowest BCUT2D eigenvalue weighted by molar-refractivity contribution is 0.0992. The van der Waals surface area contributed by atoms with Crippen LogP contribution in [0.1, 0.15) is 34.1 Å². The number of anilines is 1. The lowest BCUT2D eigenvalue weighted by atomic mass is 10.1. The third kappa shape index (κ3) is 2.95. The molecule has 3 aromatic heterocycles. The molecule has 1 aliphatic carbocycles. The number of aryl methyl sites for hydroxylation is 2. The summed E-state index contributed by atoms with van der Waals surface area (Å²) in [5.41, 5.74) is 5.31. The van der Waals surface area contributed by atoms with Crippen molar-refractivity contribution in [1.82, 2.24) is 18.7 Å². The number of nitrogens with two attached hydrogens (primary N) is 1. The number of aromatic nitrogens is 4. The van der Waals surface area contributed by atoms with Gasteiger partial charge in [-0.2, -0.15) is 0 Å². The van der Waals surface area contributed by atoms with Gasteiger partial charge in [0.15, 0.2) is 10.9 Å². The van der Waals surface area contributed by atoms with E-state index in [1.807, 2.05) is 0 Å². The molecule has 0 radical (unpaired) electrons. The molecule has 0 saturated heterocycles. The molecule has 0 aliphatic heterocycles. The van der Waals surface area contributed by atoms with Gasteiger partial charge in [0.2, 0.25) is 0 Å². The number of nitrogen functional groups attached to an aromatic ring is 1. The summed E-state index contributed by atoms with van der Waals surface area (Å²) in [5.74, 6) is -0.691. The van der Waals surface area contributed by atoms with Gasteiger partial charge in [0.25, 0.3) is 11.1 Å². The van der Waals surface area contributed by atoms with E-state index in [4.69, 9.17) is 5.73 Å². The Labute approximate surface area is 179 Å². The third-order valence-electron chi connectivity index (χ3n) is 5.51. The van der Waals surface area contributed by atoms with Gasteiger partial charge in [-0.15, -0.1) is 11.3 Å². The predicted octanol–water partition coefficient (Wildman–Crippen LogP) is 0.827. The van der Waals surface area contributed by atoms with Crippen LogP contribution < -0.4 is 22.5 Å². The Morgan fingerprint density at radius 1 is 1.10 bits per heavy atom. The van der Waals surface area contributed by atoms with Crippen molar-refractivity contribution in [2.75, 3.05) is 5.73 Å². The fourth-order valence-corrected chi connectivity index (χ4v) is 5.95. The molecule has 1 aliphatic rings. The predicted molar refractivity (Wildman–Crippen MR) is 118 cm³/mol. The van der Waals surface area contributed by atoms with E-state index in [-0.39, 0.29) is 16.9 Å². The standard InChI is InChI=1S/C19H21N5O4S2/c1-8(13(25)12-14(20)22(2)19(28)24(4)17(12)27)29-18-21-15-11(16(26)23(18)3)9-6-5-7-10(9)30-15/h8H,5-7,20H2,1-4H3. The van der Waals surface area contributed by atoms with Gasteiger partial charge in [0.1, 0.15) is 16.2 Å². The molecule has 11 heteroatoms. The zero-order valence-corrected chi connectivity index (χ0v) is 18.6. The van der Waals surface area contributed by atoms with Crippen LogP contribution in [-0.2, 0) is 34.0 Å². The van der Waals surface area contributed by atoms with Crippen LogP contribution in [0.5, 0.6) is 0 Å². The second kappa shape index (κ2) is 7.24. The highest BCUT2D eigenvalue weighted by atomic mass is 32.2. The van der Waals surface area contributed by atoms with Crippen molar-refractivity contribution in [3.63, 3.8) is 0 Å². The zero-order chi connectivity index (χ0) is 21.9. The first-order chi connectivity index (χ1) is 14.1. The van der Waals surface area contributed by atoms with Crippen LogP contribution in [0.25, 0.3) is 10.2 Å². The number of carbonyl (C=O) groups is 1. The molecule has 0 fully saturated rings. The summed E-state index contributed by atoms with van der Waals surface area (Å²) in [5, 5.41) is 0.336. The molecule has 30 heavy (non-hydrogen) atoms. The molecule has 3 aromatic rings. The molecule has 4 rings (SSSR count). The minimum absolute atomic E-state index is 0.126. The number of carbonyl (C=O) groups excluding carboxylic acids is 1. The molecular formula is C19H21N5O4S2. The molecule has 0 spiro atoms. The topological polar surface area (TPSA) is 122 Å². The number of rotatable bonds is 4. The minimum Gasteiger partial charge on any atom is -0.384 e. The fourth-order valence-electron chi connectivity index (χ4n) is 3.72. The Morgan fingerprint density at radius 2 is 1.80 bits per heavy atom.